The molecule has 0 N–H and O–H groups in total. The highest BCUT2D eigenvalue weighted by Crippen LogP contribution is 2.50. The van der Waals surface area contributed by atoms with Crippen LogP contribution >= 0.6 is 22.6 Å². The molecule has 0 aromatic heterocycles. The molecule has 0 spiro atoms. The van der Waals surface area contributed by atoms with Crippen LogP contribution in [0.1, 0.15) is 56.4 Å². The summed E-state index contributed by atoms with van der Waals surface area (Å²) in [6.07, 6.45) is 6.69. The predicted octanol–water partition coefficient (Wildman–Crippen LogP) is 8.25. The van der Waals surface area contributed by atoms with E-state index in [9.17, 15) is 0 Å². The number of rotatable bonds is 4. The summed E-state index contributed by atoms with van der Waals surface area (Å²) in [6.45, 7) is 9.16. The van der Waals surface area contributed by atoms with Crippen molar-refractivity contribution in [3.05, 3.63) is 86.5 Å². The van der Waals surface area contributed by atoms with E-state index in [1.54, 1.807) is 0 Å². The fourth-order valence-corrected chi connectivity index (χ4v) is 4.97. The van der Waals surface area contributed by atoms with Gasteiger partial charge in [-0.15, -0.1) is 0 Å². The summed E-state index contributed by atoms with van der Waals surface area (Å²) in [6, 6.07) is 20.7. The van der Waals surface area contributed by atoms with E-state index in [1.807, 2.05) is 0 Å². The summed E-state index contributed by atoms with van der Waals surface area (Å²) in [5.41, 5.74) is 11.1. The third-order valence-electron chi connectivity index (χ3n) is 6.05. The van der Waals surface area contributed by atoms with Gasteiger partial charge in [0, 0.05) is 8.99 Å². The summed E-state index contributed by atoms with van der Waals surface area (Å²) >= 11 is 2.42. The van der Waals surface area contributed by atoms with E-state index >= 15 is 0 Å². The smallest absolute Gasteiger partial charge is 0.0159 e. The Hall–Kier alpha value is -1.87. The second kappa shape index (κ2) is 7.51. The quantitative estimate of drug-likeness (QED) is 0.331. The molecular formula is C27H27I. The maximum absolute atomic E-state index is 2.43. The molecule has 3 aromatic rings. The number of aryl methyl sites for hydroxylation is 1. The number of halogens is 1. The van der Waals surface area contributed by atoms with Crippen LogP contribution in [0.15, 0.2) is 60.7 Å². The van der Waals surface area contributed by atoms with E-state index in [2.05, 4.69) is 117 Å². The van der Waals surface area contributed by atoms with Gasteiger partial charge in [0.15, 0.2) is 0 Å². The molecule has 0 unspecified atom stereocenters. The van der Waals surface area contributed by atoms with Gasteiger partial charge in [0.25, 0.3) is 0 Å². The lowest BCUT2D eigenvalue weighted by molar-refractivity contribution is 0.660. The summed E-state index contributed by atoms with van der Waals surface area (Å²) in [5, 5.41) is 0. The van der Waals surface area contributed by atoms with Crippen molar-refractivity contribution in [2.75, 3.05) is 0 Å². The molecule has 0 atom stereocenters. The zero-order chi connectivity index (χ0) is 19.9. The lowest BCUT2D eigenvalue weighted by atomic mass is 9.81. The molecule has 0 heterocycles. The number of hydrogen-bond donors (Lipinski definition) is 0. The van der Waals surface area contributed by atoms with Crippen molar-refractivity contribution < 1.29 is 0 Å². The van der Waals surface area contributed by atoms with Crippen LogP contribution in [-0.2, 0) is 11.8 Å². The van der Waals surface area contributed by atoms with E-state index in [-0.39, 0.29) is 5.41 Å². The normalized spacial score (nSPS) is 14.3. The van der Waals surface area contributed by atoms with Gasteiger partial charge in [-0.2, -0.15) is 0 Å². The van der Waals surface area contributed by atoms with E-state index in [0.717, 1.165) is 12.8 Å². The van der Waals surface area contributed by atoms with Gasteiger partial charge >= 0.3 is 0 Å². The molecule has 1 heteroatoms. The first kappa shape index (κ1) is 19.4. The largest absolute Gasteiger partial charge is 0.0842 e. The fourth-order valence-electron chi connectivity index (χ4n) is 4.48. The molecular weight excluding hydrogens is 451 g/mol. The average molecular weight is 478 g/mol. The Morgan fingerprint density at radius 2 is 1.57 bits per heavy atom. The van der Waals surface area contributed by atoms with Gasteiger partial charge < -0.3 is 0 Å². The van der Waals surface area contributed by atoms with Crippen molar-refractivity contribution in [1.29, 1.82) is 0 Å². The Kier molecular flexibility index (Phi) is 5.22. The number of benzene rings is 3. The molecule has 0 fully saturated rings. The van der Waals surface area contributed by atoms with Crippen LogP contribution in [0.25, 0.3) is 28.3 Å². The second-order valence-corrected chi connectivity index (χ2v) is 9.36. The summed E-state index contributed by atoms with van der Waals surface area (Å²) < 4.78 is 1.31. The first-order valence-corrected chi connectivity index (χ1v) is 11.3. The van der Waals surface area contributed by atoms with Crippen LogP contribution in [0.5, 0.6) is 0 Å². The van der Waals surface area contributed by atoms with Gasteiger partial charge in [0.2, 0.25) is 0 Å². The van der Waals surface area contributed by atoms with Gasteiger partial charge in [-0.3, -0.25) is 0 Å². The maximum Gasteiger partial charge on any atom is 0.0159 e. The second-order valence-electron chi connectivity index (χ2n) is 8.12. The first-order valence-electron chi connectivity index (χ1n) is 10.2. The van der Waals surface area contributed by atoms with Crippen molar-refractivity contribution in [1.82, 2.24) is 0 Å². The zero-order valence-electron chi connectivity index (χ0n) is 17.1. The molecule has 0 nitrogen and oxygen atoms in total. The Balaban J connectivity index is 1.90. The van der Waals surface area contributed by atoms with Crippen LogP contribution in [0, 0.1) is 3.57 Å². The van der Waals surface area contributed by atoms with Crippen LogP contribution in [-0.4, -0.2) is 0 Å². The van der Waals surface area contributed by atoms with Gasteiger partial charge in [-0.1, -0.05) is 76.2 Å². The molecule has 3 aromatic carbocycles. The van der Waals surface area contributed by atoms with Crippen molar-refractivity contribution in [2.45, 2.75) is 46.0 Å². The predicted molar refractivity (Wildman–Crippen MR) is 131 cm³/mol. The third kappa shape index (κ3) is 3.14. The van der Waals surface area contributed by atoms with Crippen molar-refractivity contribution in [3.63, 3.8) is 0 Å². The molecule has 0 amide bonds. The maximum atomic E-state index is 2.43. The minimum atomic E-state index is 0.0314. The Morgan fingerprint density at radius 3 is 2.29 bits per heavy atom. The van der Waals surface area contributed by atoms with Crippen LogP contribution < -0.4 is 0 Å². The fraction of sp³-hybridized carbons (Fsp3) is 0.259. The Bertz CT molecular complexity index is 1070. The molecule has 4 rings (SSSR count). The SMILES string of the molecule is CC/C=C\c1c(CC)cccc1-c1ccc2c(c1)C(C)(C)c1cc(I)ccc1-2. The number of fused-ring (bicyclic) bond motifs is 3. The van der Waals surface area contributed by atoms with Crippen LogP contribution in [0.3, 0.4) is 0 Å². The Morgan fingerprint density at radius 1 is 0.857 bits per heavy atom. The van der Waals surface area contributed by atoms with E-state index < -0.39 is 0 Å². The molecule has 0 radical (unpaired) electrons. The molecule has 0 saturated heterocycles. The first-order chi connectivity index (χ1) is 13.5. The van der Waals surface area contributed by atoms with Crippen molar-refractivity contribution >= 4 is 28.7 Å². The molecule has 0 aliphatic heterocycles. The molecule has 142 valence electrons. The zero-order valence-corrected chi connectivity index (χ0v) is 19.3. The van der Waals surface area contributed by atoms with Crippen molar-refractivity contribution in [3.8, 4) is 22.3 Å². The van der Waals surface area contributed by atoms with Gasteiger partial charge in [0.1, 0.15) is 0 Å². The average Bonchev–Trinajstić information content (AvgIpc) is 2.92. The summed E-state index contributed by atoms with van der Waals surface area (Å²) in [4.78, 5) is 0. The lowest BCUT2D eigenvalue weighted by Gasteiger charge is -2.22. The standard InChI is InChI=1S/C27H27I/c1-5-7-10-21-18(6-2)9-8-11-22(21)19-12-14-23-24-15-13-20(28)17-26(24)27(3,4)25(23)16-19/h7-17H,5-6H2,1-4H3/b10-7-. The number of hydrogen-bond acceptors (Lipinski definition) is 0. The van der Waals surface area contributed by atoms with Gasteiger partial charge in [-0.05, 0) is 98.1 Å². The number of allylic oxidation sites excluding steroid dienone is 1. The highest BCUT2D eigenvalue weighted by atomic mass is 127. The highest BCUT2D eigenvalue weighted by molar-refractivity contribution is 14.1. The van der Waals surface area contributed by atoms with Crippen molar-refractivity contribution in [2.24, 2.45) is 0 Å². The lowest BCUT2D eigenvalue weighted by Crippen LogP contribution is -2.15. The Labute approximate surface area is 182 Å². The summed E-state index contributed by atoms with van der Waals surface area (Å²) in [5.74, 6) is 0. The molecule has 0 bridgehead atoms. The molecule has 1 aliphatic rings. The monoisotopic (exact) mass is 478 g/mol. The van der Waals surface area contributed by atoms with E-state index in [4.69, 9.17) is 0 Å². The molecule has 1 aliphatic carbocycles. The topological polar surface area (TPSA) is 0 Å². The van der Waals surface area contributed by atoms with E-state index in [1.165, 1.54) is 48.1 Å². The van der Waals surface area contributed by atoms with E-state index in [0.29, 0.717) is 0 Å². The molecule has 28 heavy (non-hydrogen) atoms. The van der Waals surface area contributed by atoms with Crippen LogP contribution in [0.4, 0.5) is 0 Å². The molecule has 0 saturated carbocycles. The summed E-state index contributed by atoms with van der Waals surface area (Å²) in [7, 11) is 0. The van der Waals surface area contributed by atoms with Gasteiger partial charge in [-0.25, -0.2) is 0 Å². The minimum Gasteiger partial charge on any atom is -0.0842 e. The third-order valence-corrected chi connectivity index (χ3v) is 6.72. The van der Waals surface area contributed by atoms with Gasteiger partial charge in [0.05, 0.1) is 0 Å². The van der Waals surface area contributed by atoms with Crippen LogP contribution in [0.2, 0.25) is 0 Å². The highest BCUT2D eigenvalue weighted by Gasteiger charge is 2.35. The minimum absolute atomic E-state index is 0.0314.